The van der Waals surface area contributed by atoms with Crippen LogP contribution in [0.25, 0.3) is 11.0 Å². The van der Waals surface area contributed by atoms with Crippen molar-refractivity contribution in [3.8, 4) is 0 Å². The molecule has 0 bridgehead atoms. The summed E-state index contributed by atoms with van der Waals surface area (Å²) in [5.74, 6) is 2.47. The summed E-state index contributed by atoms with van der Waals surface area (Å²) in [6.45, 7) is 12.6. The van der Waals surface area contributed by atoms with Gasteiger partial charge in [0.15, 0.2) is 5.96 Å². The van der Waals surface area contributed by atoms with Crippen LogP contribution >= 0.6 is 24.0 Å². The van der Waals surface area contributed by atoms with Crippen LogP contribution in [-0.2, 0) is 18.3 Å². The van der Waals surface area contributed by atoms with Crippen molar-refractivity contribution in [1.29, 1.82) is 0 Å². The molecular formula is C22H37IN6O. The Labute approximate surface area is 197 Å². The second-order valence-electron chi connectivity index (χ2n) is 8.08. The molecule has 1 aromatic heterocycles. The average molecular weight is 528 g/mol. The Morgan fingerprint density at radius 1 is 1.20 bits per heavy atom. The van der Waals surface area contributed by atoms with E-state index in [0.717, 1.165) is 68.6 Å². The van der Waals surface area contributed by atoms with Gasteiger partial charge in [-0.15, -0.1) is 24.0 Å². The summed E-state index contributed by atoms with van der Waals surface area (Å²) >= 11 is 0. The van der Waals surface area contributed by atoms with Crippen molar-refractivity contribution in [2.75, 3.05) is 39.4 Å². The number of benzene rings is 1. The molecule has 1 saturated heterocycles. The summed E-state index contributed by atoms with van der Waals surface area (Å²) in [5, 5.41) is 6.94. The van der Waals surface area contributed by atoms with Gasteiger partial charge in [-0.2, -0.15) is 0 Å². The first-order valence-corrected chi connectivity index (χ1v) is 10.8. The van der Waals surface area contributed by atoms with Gasteiger partial charge in [-0.05, 0) is 31.4 Å². The summed E-state index contributed by atoms with van der Waals surface area (Å²) in [5.41, 5.74) is 2.16. The molecular weight excluding hydrogens is 491 g/mol. The van der Waals surface area contributed by atoms with Gasteiger partial charge in [0.2, 0.25) is 0 Å². The molecule has 0 amide bonds. The Hall–Kier alpha value is -1.39. The second kappa shape index (κ2) is 12.5. The molecule has 2 heterocycles. The summed E-state index contributed by atoms with van der Waals surface area (Å²) in [7, 11) is 2.05. The lowest BCUT2D eigenvalue weighted by molar-refractivity contribution is 0.0132. The van der Waals surface area contributed by atoms with Gasteiger partial charge in [-0.3, -0.25) is 4.90 Å². The Morgan fingerprint density at radius 3 is 2.60 bits per heavy atom. The molecule has 0 radical (unpaired) electrons. The minimum absolute atomic E-state index is 0. The van der Waals surface area contributed by atoms with E-state index in [-0.39, 0.29) is 24.0 Å². The first-order chi connectivity index (χ1) is 14.1. The molecule has 2 N–H and O–H groups in total. The van der Waals surface area contributed by atoms with Crippen molar-refractivity contribution in [3.63, 3.8) is 0 Å². The quantitative estimate of drug-likeness (QED) is 0.314. The molecule has 1 unspecified atom stereocenters. The molecule has 2 aromatic rings. The van der Waals surface area contributed by atoms with Crippen LogP contribution in [0.1, 0.15) is 33.0 Å². The van der Waals surface area contributed by atoms with Gasteiger partial charge >= 0.3 is 0 Å². The molecule has 168 valence electrons. The predicted octanol–water partition coefficient (Wildman–Crippen LogP) is 2.99. The maximum Gasteiger partial charge on any atom is 0.191 e. The van der Waals surface area contributed by atoms with Gasteiger partial charge in [-0.1, -0.05) is 26.0 Å². The van der Waals surface area contributed by atoms with Crippen molar-refractivity contribution >= 4 is 41.0 Å². The number of hydrogen-bond acceptors (Lipinski definition) is 4. The number of imidazole rings is 1. The Balaban J connectivity index is 0.00000320. The maximum absolute atomic E-state index is 5.54. The number of hydrogen-bond donors (Lipinski definition) is 2. The van der Waals surface area contributed by atoms with Crippen LogP contribution in [0.15, 0.2) is 29.3 Å². The van der Waals surface area contributed by atoms with Crippen LogP contribution in [0.5, 0.6) is 0 Å². The highest BCUT2D eigenvalue weighted by Crippen LogP contribution is 2.15. The first kappa shape index (κ1) is 24.9. The number of ether oxygens (including phenoxy) is 1. The SMILES string of the molecule is CCNC(=NCc1nc2ccccc2n1C)NCC(CC(C)C)N1CCOCC1.I. The number of nitrogens with zero attached hydrogens (tertiary/aromatic N) is 4. The highest BCUT2D eigenvalue weighted by atomic mass is 127. The summed E-state index contributed by atoms with van der Waals surface area (Å²) in [6.07, 6.45) is 1.16. The minimum atomic E-state index is 0. The van der Waals surface area contributed by atoms with Gasteiger partial charge in [0, 0.05) is 39.3 Å². The lowest BCUT2D eigenvalue weighted by Gasteiger charge is -2.35. The minimum Gasteiger partial charge on any atom is -0.379 e. The number of halogens is 1. The number of rotatable bonds is 8. The van der Waals surface area contributed by atoms with Crippen LogP contribution in [0.4, 0.5) is 0 Å². The van der Waals surface area contributed by atoms with Crippen molar-refractivity contribution < 1.29 is 4.74 Å². The van der Waals surface area contributed by atoms with Gasteiger partial charge in [-0.25, -0.2) is 9.98 Å². The highest BCUT2D eigenvalue weighted by Gasteiger charge is 2.22. The molecule has 0 aliphatic carbocycles. The Bertz CT molecular complexity index is 800. The number of aromatic nitrogens is 2. The lowest BCUT2D eigenvalue weighted by Crippen LogP contribution is -2.51. The van der Waals surface area contributed by atoms with Crippen molar-refractivity contribution in [1.82, 2.24) is 25.1 Å². The molecule has 1 fully saturated rings. The normalized spacial score (nSPS) is 16.5. The molecule has 1 atom stereocenters. The number of morpholine rings is 1. The van der Waals surface area contributed by atoms with Crippen molar-refractivity contribution in [2.45, 2.75) is 39.8 Å². The van der Waals surface area contributed by atoms with Crippen molar-refractivity contribution in [2.24, 2.45) is 18.0 Å². The molecule has 8 heteroatoms. The Kier molecular flexibility index (Phi) is 10.3. The lowest BCUT2D eigenvalue weighted by atomic mass is 10.0. The largest absolute Gasteiger partial charge is 0.379 e. The van der Waals surface area contributed by atoms with E-state index < -0.39 is 0 Å². The van der Waals surface area contributed by atoms with E-state index >= 15 is 0 Å². The summed E-state index contributed by atoms with van der Waals surface area (Å²) < 4.78 is 7.66. The third-order valence-electron chi connectivity index (χ3n) is 5.41. The number of aryl methyl sites for hydroxylation is 1. The standard InChI is InChI=1S/C22H36N6O.HI/c1-5-23-22(24-15-18(14-17(2)3)28-10-12-29-13-11-28)25-16-21-26-19-8-6-7-9-20(19)27(21)4;/h6-9,17-18H,5,10-16H2,1-4H3,(H2,23,24,25);1H. The number of nitrogens with one attached hydrogen (secondary N) is 2. The van der Waals surface area contributed by atoms with Crippen LogP contribution in [-0.4, -0.2) is 65.8 Å². The van der Waals surface area contributed by atoms with E-state index in [9.17, 15) is 0 Å². The number of para-hydroxylation sites is 2. The van der Waals surface area contributed by atoms with Gasteiger partial charge in [0.25, 0.3) is 0 Å². The van der Waals surface area contributed by atoms with Crippen LogP contribution in [0, 0.1) is 5.92 Å². The topological polar surface area (TPSA) is 66.7 Å². The van der Waals surface area contributed by atoms with Crippen molar-refractivity contribution in [3.05, 3.63) is 30.1 Å². The van der Waals surface area contributed by atoms with Gasteiger partial charge < -0.3 is 19.9 Å². The second-order valence-corrected chi connectivity index (χ2v) is 8.08. The zero-order valence-electron chi connectivity index (χ0n) is 18.7. The van der Waals surface area contributed by atoms with E-state index in [1.165, 1.54) is 0 Å². The average Bonchev–Trinajstić information content (AvgIpc) is 3.05. The summed E-state index contributed by atoms with van der Waals surface area (Å²) in [6, 6.07) is 8.69. The predicted molar refractivity (Wildman–Crippen MR) is 135 cm³/mol. The molecule has 1 aliphatic heterocycles. The molecule has 7 nitrogen and oxygen atoms in total. The maximum atomic E-state index is 5.54. The zero-order valence-corrected chi connectivity index (χ0v) is 21.1. The molecule has 0 saturated carbocycles. The molecule has 1 aliphatic rings. The molecule has 1 aromatic carbocycles. The van der Waals surface area contributed by atoms with E-state index in [1.54, 1.807) is 0 Å². The third kappa shape index (κ3) is 6.81. The first-order valence-electron chi connectivity index (χ1n) is 10.8. The fourth-order valence-electron chi connectivity index (χ4n) is 3.89. The van der Waals surface area contributed by atoms with E-state index in [2.05, 4.69) is 54.0 Å². The van der Waals surface area contributed by atoms with Crippen LogP contribution in [0.3, 0.4) is 0 Å². The van der Waals surface area contributed by atoms with E-state index in [4.69, 9.17) is 14.7 Å². The van der Waals surface area contributed by atoms with Gasteiger partial charge in [0.1, 0.15) is 12.4 Å². The third-order valence-corrected chi connectivity index (χ3v) is 5.41. The van der Waals surface area contributed by atoms with E-state index in [1.807, 2.05) is 18.2 Å². The Morgan fingerprint density at radius 2 is 1.93 bits per heavy atom. The monoisotopic (exact) mass is 528 g/mol. The highest BCUT2D eigenvalue weighted by molar-refractivity contribution is 14.0. The van der Waals surface area contributed by atoms with Crippen LogP contribution in [0.2, 0.25) is 0 Å². The molecule has 3 rings (SSSR count). The fourth-order valence-corrected chi connectivity index (χ4v) is 3.89. The zero-order chi connectivity index (χ0) is 20.6. The van der Waals surface area contributed by atoms with Gasteiger partial charge in [0.05, 0.1) is 24.2 Å². The fraction of sp³-hybridized carbons (Fsp3) is 0.636. The van der Waals surface area contributed by atoms with E-state index in [0.29, 0.717) is 18.5 Å². The smallest absolute Gasteiger partial charge is 0.191 e. The molecule has 30 heavy (non-hydrogen) atoms. The molecule has 0 spiro atoms. The number of fused-ring (bicyclic) bond motifs is 1. The van der Waals surface area contributed by atoms with Crippen LogP contribution < -0.4 is 10.6 Å². The number of aliphatic imine (C=N–C) groups is 1. The summed E-state index contributed by atoms with van der Waals surface area (Å²) in [4.78, 5) is 12.1. The number of guanidine groups is 1.